The van der Waals surface area contributed by atoms with Crippen molar-refractivity contribution in [1.82, 2.24) is 4.31 Å². The summed E-state index contributed by atoms with van der Waals surface area (Å²) in [6.45, 7) is 1.91. The quantitative estimate of drug-likeness (QED) is 0.773. The number of nitrogens with zero attached hydrogens (tertiary/aromatic N) is 2. The first kappa shape index (κ1) is 21.0. The number of halogens is 1. The lowest BCUT2D eigenvalue weighted by Gasteiger charge is -2.29. The first-order valence-corrected chi connectivity index (χ1v) is 11.7. The molecule has 150 valence electrons. The van der Waals surface area contributed by atoms with Crippen molar-refractivity contribution >= 4 is 50.7 Å². The Kier molecular flexibility index (Phi) is 6.54. The molecule has 2 aromatic carbocycles. The third-order valence-electron chi connectivity index (χ3n) is 4.45. The highest BCUT2D eigenvalue weighted by Gasteiger charge is 2.18. The molecule has 0 saturated carbocycles. The average Bonchev–Trinajstić information content (AvgIpc) is 2.68. The summed E-state index contributed by atoms with van der Waals surface area (Å²) in [5.41, 5.74) is 1.93. The molecule has 9 heteroatoms. The molecule has 0 bridgehead atoms. The number of sulfonamides is 1. The maximum atomic E-state index is 12.5. The van der Waals surface area contributed by atoms with Crippen LogP contribution < -0.4 is 10.2 Å². The molecule has 3 rings (SSSR count). The van der Waals surface area contributed by atoms with Crippen LogP contribution in [0.4, 0.5) is 11.4 Å². The molecule has 1 aliphatic rings. The van der Waals surface area contributed by atoms with Gasteiger partial charge in [-0.2, -0.15) is 11.8 Å². The fraction of sp³-hybridized carbons (Fsp3) is 0.316. The molecule has 1 amide bonds. The summed E-state index contributed by atoms with van der Waals surface area (Å²) < 4.78 is 25.4. The Hall–Kier alpha value is -1.74. The van der Waals surface area contributed by atoms with Crippen LogP contribution in [-0.4, -0.2) is 57.3 Å². The fourth-order valence-electron chi connectivity index (χ4n) is 2.84. The summed E-state index contributed by atoms with van der Waals surface area (Å²) in [4.78, 5) is 14.9. The van der Waals surface area contributed by atoms with E-state index < -0.39 is 10.0 Å². The van der Waals surface area contributed by atoms with Crippen LogP contribution in [0.2, 0.25) is 5.02 Å². The van der Waals surface area contributed by atoms with Gasteiger partial charge in [0.15, 0.2) is 0 Å². The molecule has 28 heavy (non-hydrogen) atoms. The molecule has 2 aromatic rings. The van der Waals surface area contributed by atoms with Gasteiger partial charge in [0, 0.05) is 49.9 Å². The first-order chi connectivity index (χ1) is 13.3. The number of benzene rings is 2. The monoisotopic (exact) mass is 439 g/mol. The minimum Gasteiger partial charge on any atom is -0.369 e. The molecule has 0 unspecified atom stereocenters. The van der Waals surface area contributed by atoms with Crippen LogP contribution in [-0.2, 0) is 10.0 Å². The topological polar surface area (TPSA) is 69.7 Å². The number of hydrogen-bond donors (Lipinski definition) is 1. The Balaban J connectivity index is 1.71. The first-order valence-electron chi connectivity index (χ1n) is 8.75. The number of nitrogens with one attached hydrogen (secondary N) is 1. The molecule has 0 radical (unpaired) electrons. The van der Waals surface area contributed by atoms with E-state index in [0.717, 1.165) is 34.6 Å². The van der Waals surface area contributed by atoms with Crippen molar-refractivity contribution in [2.24, 2.45) is 0 Å². The standard InChI is InChI=1S/C19H22ClN3O3S2/c1-22(2)28(25,26)16-6-3-14(4-7-16)19(24)21-15-5-8-18(17(20)13-15)23-9-11-27-12-10-23/h3-8,13H,9-12H2,1-2H3,(H,21,24). The van der Waals surface area contributed by atoms with E-state index in [2.05, 4.69) is 10.2 Å². The molecular weight excluding hydrogens is 418 g/mol. The molecule has 1 aliphatic heterocycles. The van der Waals surface area contributed by atoms with Crippen molar-refractivity contribution in [3.63, 3.8) is 0 Å². The molecule has 6 nitrogen and oxygen atoms in total. The number of anilines is 2. The largest absolute Gasteiger partial charge is 0.369 e. The Bertz CT molecular complexity index is 957. The number of rotatable bonds is 5. The van der Waals surface area contributed by atoms with Gasteiger partial charge in [0.2, 0.25) is 10.0 Å². The molecule has 0 atom stereocenters. The van der Waals surface area contributed by atoms with Crippen LogP contribution in [0.25, 0.3) is 0 Å². The van der Waals surface area contributed by atoms with E-state index in [4.69, 9.17) is 11.6 Å². The van der Waals surface area contributed by atoms with Gasteiger partial charge in [0.1, 0.15) is 0 Å². The maximum absolute atomic E-state index is 12.5. The van der Waals surface area contributed by atoms with E-state index in [1.165, 1.54) is 38.4 Å². The highest BCUT2D eigenvalue weighted by molar-refractivity contribution is 7.99. The highest BCUT2D eigenvalue weighted by atomic mass is 35.5. The van der Waals surface area contributed by atoms with Gasteiger partial charge in [0.25, 0.3) is 5.91 Å². The minimum atomic E-state index is -3.52. The van der Waals surface area contributed by atoms with Crippen molar-refractivity contribution in [2.75, 3.05) is 48.9 Å². The number of thioether (sulfide) groups is 1. The van der Waals surface area contributed by atoms with Crippen LogP contribution in [0.1, 0.15) is 10.4 Å². The van der Waals surface area contributed by atoms with Gasteiger partial charge in [-0.3, -0.25) is 4.79 Å². The average molecular weight is 440 g/mol. The molecule has 1 saturated heterocycles. The number of carbonyl (C=O) groups excluding carboxylic acids is 1. The second kappa shape index (κ2) is 8.73. The number of amides is 1. The summed E-state index contributed by atoms with van der Waals surface area (Å²) >= 11 is 8.35. The van der Waals surface area contributed by atoms with Crippen molar-refractivity contribution in [2.45, 2.75) is 4.90 Å². The van der Waals surface area contributed by atoms with Gasteiger partial charge in [-0.15, -0.1) is 0 Å². The normalized spacial score (nSPS) is 14.9. The summed E-state index contributed by atoms with van der Waals surface area (Å²) in [5, 5.41) is 3.40. The zero-order valence-corrected chi connectivity index (χ0v) is 18.1. The second-order valence-corrected chi connectivity index (χ2v) is 10.3. The summed E-state index contributed by atoms with van der Waals surface area (Å²) in [6, 6.07) is 11.3. The maximum Gasteiger partial charge on any atom is 0.255 e. The van der Waals surface area contributed by atoms with E-state index in [-0.39, 0.29) is 10.8 Å². The molecule has 1 fully saturated rings. The molecule has 0 aliphatic carbocycles. The van der Waals surface area contributed by atoms with E-state index in [1.807, 2.05) is 23.9 Å². The number of hydrogen-bond acceptors (Lipinski definition) is 5. The van der Waals surface area contributed by atoms with Crippen LogP contribution in [0.5, 0.6) is 0 Å². The zero-order chi connectivity index (χ0) is 20.3. The van der Waals surface area contributed by atoms with Crippen molar-refractivity contribution < 1.29 is 13.2 Å². The lowest BCUT2D eigenvalue weighted by Crippen LogP contribution is -2.32. The van der Waals surface area contributed by atoms with Gasteiger partial charge >= 0.3 is 0 Å². The summed E-state index contributed by atoms with van der Waals surface area (Å²) in [7, 11) is -0.593. The summed E-state index contributed by atoms with van der Waals surface area (Å²) in [5.74, 6) is 1.83. The van der Waals surface area contributed by atoms with E-state index >= 15 is 0 Å². The zero-order valence-electron chi connectivity index (χ0n) is 15.7. The lowest BCUT2D eigenvalue weighted by atomic mass is 10.2. The van der Waals surface area contributed by atoms with Crippen LogP contribution in [0.3, 0.4) is 0 Å². The third-order valence-corrected chi connectivity index (χ3v) is 7.53. The lowest BCUT2D eigenvalue weighted by molar-refractivity contribution is 0.102. The van der Waals surface area contributed by atoms with Crippen molar-refractivity contribution in [1.29, 1.82) is 0 Å². The van der Waals surface area contributed by atoms with Crippen LogP contribution in [0.15, 0.2) is 47.4 Å². The van der Waals surface area contributed by atoms with E-state index in [9.17, 15) is 13.2 Å². The Morgan fingerprint density at radius 1 is 1.11 bits per heavy atom. The smallest absolute Gasteiger partial charge is 0.255 e. The predicted molar refractivity (Wildman–Crippen MR) is 116 cm³/mol. The predicted octanol–water partition coefficient (Wildman–Crippen LogP) is 3.40. The van der Waals surface area contributed by atoms with Crippen LogP contribution in [0, 0.1) is 0 Å². The SMILES string of the molecule is CN(C)S(=O)(=O)c1ccc(C(=O)Nc2ccc(N3CCSCC3)c(Cl)c2)cc1. The van der Waals surface area contributed by atoms with Gasteiger partial charge < -0.3 is 10.2 Å². The highest BCUT2D eigenvalue weighted by Crippen LogP contribution is 2.30. The fourth-order valence-corrected chi connectivity index (χ4v) is 4.94. The van der Waals surface area contributed by atoms with E-state index in [0.29, 0.717) is 16.3 Å². The minimum absolute atomic E-state index is 0.140. The van der Waals surface area contributed by atoms with Gasteiger partial charge in [-0.1, -0.05) is 11.6 Å². The molecule has 0 spiro atoms. The molecule has 1 heterocycles. The Morgan fingerprint density at radius 2 is 1.75 bits per heavy atom. The third kappa shape index (κ3) is 4.63. The Morgan fingerprint density at radius 3 is 2.32 bits per heavy atom. The van der Waals surface area contributed by atoms with Gasteiger partial charge in [-0.25, -0.2) is 12.7 Å². The van der Waals surface area contributed by atoms with Gasteiger partial charge in [0.05, 0.1) is 15.6 Å². The van der Waals surface area contributed by atoms with Crippen molar-refractivity contribution in [3.8, 4) is 0 Å². The summed E-state index contributed by atoms with van der Waals surface area (Å²) in [6.07, 6.45) is 0. The van der Waals surface area contributed by atoms with Gasteiger partial charge in [-0.05, 0) is 42.5 Å². The molecular formula is C19H22ClN3O3S2. The Labute approximate surface area is 174 Å². The van der Waals surface area contributed by atoms with Crippen LogP contribution >= 0.6 is 23.4 Å². The van der Waals surface area contributed by atoms with Crippen molar-refractivity contribution in [3.05, 3.63) is 53.1 Å². The molecule has 0 aromatic heterocycles. The molecule has 1 N–H and O–H groups in total. The number of carbonyl (C=O) groups is 1. The van der Waals surface area contributed by atoms with E-state index in [1.54, 1.807) is 6.07 Å². The second-order valence-electron chi connectivity index (χ2n) is 6.53.